The van der Waals surface area contributed by atoms with Crippen molar-refractivity contribution in [2.24, 2.45) is 0 Å². The van der Waals surface area contributed by atoms with E-state index in [0.29, 0.717) is 6.54 Å². The van der Waals surface area contributed by atoms with Gasteiger partial charge in [0.1, 0.15) is 0 Å². The van der Waals surface area contributed by atoms with Crippen LogP contribution in [0.3, 0.4) is 0 Å². The number of rotatable bonds is 2. The van der Waals surface area contributed by atoms with E-state index in [-0.39, 0.29) is 20.4 Å². The zero-order valence-electron chi connectivity index (χ0n) is 5.71. The normalized spacial score (nSPS) is 8.91. The largest absolute Gasteiger partial charge is 0.612 e. The van der Waals surface area contributed by atoms with Gasteiger partial charge in [0.2, 0.25) is 0 Å². The van der Waals surface area contributed by atoms with E-state index in [1.54, 1.807) is 0 Å². The minimum atomic E-state index is 0. The third kappa shape index (κ3) is 4.00. The Morgan fingerprint density at radius 1 is 1.27 bits per heavy atom. The maximum absolute atomic E-state index is 6.73. The predicted molar refractivity (Wildman–Crippen MR) is 45.3 cm³/mol. The molecule has 0 aliphatic rings. The van der Waals surface area contributed by atoms with Crippen LogP contribution >= 0.6 is 15.9 Å². The van der Waals surface area contributed by atoms with Gasteiger partial charge >= 0.3 is 0 Å². The van der Waals surface area contributed by atoms with E-state index in [2.05, 4.69) is 21.4 Å². The quantitative estimate of drug-likeness (QED) is 0.661. The average molecular weight is 306 g/mol. The van der Waals surface area contributed by atoms with Gasteiger partial charge < -0.3 is 11.3 Å². The van der Waals surface area contributed by atoms with Crippen molar-refractivity contribution in [3.05, 3.63) is 40.1 Å². The van der Waals surface area contributed by atoms with Gasteiger partial charge in [0.05, 0.1) is 0 Å². The van der Waals surface area contributed by atoms with E-state index in [1.165, 1.54) is 0 Å². The Hall–Kier alpha value is 0.282. The fraction of sp³-hybridized carbons (Fsp3) is 0.143. The monoisotopic (exact) mass is 305 g/mol. The first-order valence-electron chi connectivity index (χ1n) is 2.97. The van der Waals surface area contributed by atoms with Crippen molar-refractivity contribution in [1.29, 1.82) is 0 Å². The zero-order chi connectivity index (χ0) is 7.40. The molecule has 64 valence electrons. The van der Waals surface area contributed by atoms with E-state index in [9.17, 15) is 0 Å². The molecule has 0 heterocycles. The van der Waals surface area contributed by atoms with Crippen molar-refractivity contribution in [2.75, 3.05) is 0 Å². The van der Waals surface area contributed by atoms with E-state index in [0.717, 1.165) is 10.0 Å². The molecular weight excluding hydrogens is 298 g/mol. The van der Waals surface area contributed by atoms with Crippen LogP contribution in [0.2, 0.25) is 0 Å². The van der Waals surface area contributed by atoms with Crippen LogP contribution in [-0.4, -0.2) is 0 Å². The molecule has 1 aromatic rings. The van der Waals surface area contributed by atoms with Crippen molar-refractivity contribution in [3.63, 3.8) is 0 Å². The van der Waals surface area contributed by atoms with Crippen LogP contribution in [0.25, 0.3) is 5.84 Å². The molecule has 0 aliphatic heterocycles. The van der Waals surface area contributed by atoms with Crippen molar-refractivity contribution in [1.82, 2.24) is 5.43 Å². The molecule has 4 heteroatoms. The summed E-state index contributed by atoms with van der Waals surface area (Å²) in [7, 11) is 0. The first-order chi connectivity index (χ1) is 4.83. The van der Waals surface area contributed by atoms with E-state index in [1.807, 2.05) is 24.3 Å². The molecule has 0 amide bonds. The van der Waals surface area contributed by atoms with Gasteiger partial charge in [-0.15, -0.1) is 0 Å². The molecule has 0 spiro atoms. The number of nitrogens with one attached hydrogen (secondary N) is 2. The van der Waals surface area contributed by atoms with Gasteiger partial charge in [-0.1, -0.05) is 28.1 Å². The maximum Gasteiger partial charge on any atom is 0.0175 e. The Morgan fingerprint density at radius 2 is 1.82 bits per heavy atom. The summed E-state index contributed by atoms with van der Waals surface area (Å²) in [6.45, 7) is 0.604. The van der Waals surface area contributed by atoms with Gasteiger partial charge in [0.25, 0.3) is 0 Å². The molecule has 1 aromatic carbocycles. The van der Waals surface area contributed by atoms with Crippen LogP contribution < -0.4 is 5.43 Å². The summed E-state index contributed by atoms with van der Waals surface area (Å²) in [6, 6.07) is 7.89. The van der Waals surface area contributed by atoms with Crippen molar-refractivity contribution >= 4 is 15.9 Å². The topological polar surface area (TPSA) is 35.8 Å². The SMILES string of the molecule is [NH-]NCc1ccc(Br)cc1.[Pd]. The second-order valence-corrected chi connectivity index (χ2v) is 2.90. The molecule has 0 fully saturated rings. The van der Waals surface area contributed by atoms with Crippen molar-refractivity contribution < 1.29 is 20.4 Å². The second kappa shape index (κ2) is 5.87. The van der Waals surface area contributed by atoms with E-state index < -0.39 is 0 Å². The molecule has 0 saturated carbocycles. The summed E-state index contributed by atoms with van der Waals surface area (Å²) in [5.41, 5.74) is 3.46. The van der Waals surface area contributed by atoms with Gasteiger partial charge in [0, 0.05) is 31.4 Å². The van der Waals surface area contributed by atoms with Crippen LogP contribution in [0.4, 0.5) is 0 Å². The zero-order valence-corrected chi connectivity index (χ0v) is 8.85. The van der Waals surface area contributed by atoms with Crippen LogP contribution in [-0.2, 0) is 27.0 Å². The second-order valence-electron chi connectivity index (χ2n) is 1.98. The molecule has 2 N–H and O–H groups in total. The molecule has 11 heavy (non-hydrogen) atoms. The smallest absolute Gasteiger partial charge is 0.0175 e. The van der Waals surface area contributed by atoms with E-state index >= 15 is 0 Å². The summed E-state index contributed by atoms with van der Waals surface area (Å²) in [5, 5.41) is 0. The number of benzene rings is 1. The Balaban J connectivity index is 0.000001000. The van der Waals surface area contributed by atoms with Gasteiger partial charge in [-0.2, -0.15) is 0 Å². The van der Waals surface area contributed by atoms with Crippen molar-refractivity contribution in [2.45, 2.75) is 6.54 Å². The average Bonchev–Trinajstić information content (AvgIpc) is 1.95. The van der Waals surface area contributed by atoms with Gasteiger partial charge in [0.15, 0.2) is 0 Å². The first kappa shape index (κ1) is 11.3. The molecule has 0 bridgehead atoms. The fourth-order valence-corrected chi connectivity index (χ4v) is 0.969. The Morgan fingerprint density at radius 3 is 2.27 bits per heavy atom. The molecule has 0 unspecified atom stereocenters. The molecule has 0 saturated heterocycles. The van der Waals surface area contributed by atoms with Gasteiger partial charge in [-0.05, 0) is 17.7 Å². The van der Waals surface area contributed by atoms with Crippen LogP contribution in [0.5, 0.6) is 0 Å². The van der Waals surface area contributed by atoms with Crippen LogP contribution in [0.1, 0.15) is 5.56 Å². The van der Waals surface area contributed by atoms with Gasteiger partial charge in [-0.25, -0.2) is 0 Å². The molecule has 0 aliphatic carbocycles. The Bertz CT molecular complexity index is 200. The fourth-order valence-electron chi connectivity index (χ4n) is 0.704. The third-order valence-corrected chi connectivity index (χ3v) is 1.73. The summed E-state index contributed by atoms with van der Waals surface area (Å²) in [4.78, 5) is 0. The summed E-state index contributed by atoms with van der Waals surface area (Å²) >= 11 is 3.33. The Labute approximate surface area is 88.3 Å². The molecule has 1 rings (SSSR count). The van der Waals surface area contributed by atoms with Gasteiger partial charge in [-0.3, -0.25) is 0 Å². The number of halogens is 1. The summed E-state index contributed by atoms with van der Waals surface area (Å²) < 4.78 is 1.07. The first-order valence-corrected chi connectivity index (χ1v) is 3.76. The minimum Gasteiger partial charge on any atom is -0.612 e. The number of hydrogen-bond acceptors (Lipinski definition) is 1. The van der Waals surface area contributed by atoms with E-state index in [4.69, 9.17) is 5.84 Å². The standard InChI is InChI=1S/C7H8BrN2.Pd/c8-7-3-1-6(2-4-7)5-10-9;/h1-4,9-10H,5H2;/q-1;. The van der Waals surface area contributed by atoms with Crippen LogP contribution in [0.15, 0.2) is 28.7 Å². The van der Waals surface area contributed by atoms with Crippen molar-refractivity contribution in [3.8, 4) is 0 Å². The maximum atomic E-state index is 6.73. The molecular formula is C7H8BrN2Pd-. The molecule has 0 atom stereocenters. The molecule has 0 radical (unpaired) electrons. The summed E-state index contributed by atoms with van der Waals surface area (Å²) in [6.07, 6.45) is 0. The van der Waals surface area contributed by atoms with Crippen LogP contribution in [0, 0.1) is 0 Å². The summed E-state index contributed by atoms with van der Waals surface area (Å²) in [5.74, 6) is 6.73. The minimum absolute atomic E-state index is 0. The third-order valence-electron chi connectivity index (χ3n) is 1.21. The molecule has 0 aromatic heterocycles. The Kier molecular flexibility index (Phi) is 6.02. The molecule has 2 nitrogen and oxygen atoms in total. The number of hydrogen-bond donors (Lipinski definition) is 1. The predicted octanol–water partition coefficient (Wildman–Crippen LogP) is 2.50.